The standard InChI is InChI=1S/C23H25OPS/c1-4-24-25(26,22-18(2)12-11-13-19(22)3)23(20-14-7-5-8-15-20)21-16-9-6-10-17-21/h5-17,23H,4H2,1-3H3. The average Bonchev–Trinajstić information content (AvgIpc) is 2.64. The molecule has 0 radical (unpaired) electrons. The van der Waals surface area contributed by atoms with E-state index >= 15 is 0 Å². The molecule has 0 spiro atoms. The molecule has 0 N–H and O–H groups in total. The van der Waals surface area contributed by atoms with Crippen molar-refractivity contribution >= 4 is 23.4 Å². The molecule has 1 nitrogen and oxygen atoms in total. The number of hydrogen-bond acceptors (Lipinski definition) is 2. The van der Waals surface area contributed by atoms with Crippen LogP contribution in [0.4, 0.5) is 0 Å². The number of rotatable bonds is 6. The summed E-state index contributed by atoms with van der Waals surface area (Å²) in [5, 5.41) is 1.22. The summed E-state index contributed by atoms with van der Waals surface area (Å²) in [5.41, 5.74) is 4.92. The van der Waals surface area contributed by atoms with Crippen molar-refractivity contribution in [2.45, 2.75) is 26.4 Å². The summed E-state index contributed by atoms with van der Waals surface area (Å²) in [4.78, 5) is 0. The van der Waals surface area contributed by atoms with Crippen LogP contribution < -0.4 is 5.30 Å². The molecule has 0 aliphatic heterocycles. The third-order valence-electron chi connectivity index (χ3n) is 4.64. The van der Waals surface area contributed by atoms with Crippen LogP contribution in [0.3, 0.4) is 0 Å². The summed E-state index contributed by atoms with van der Waals surface area (Å²) in [6.07, 6.45) is -2.37. The Morgan fingerprint density at radius 1 is 0.769 bits per heavy atom. The summed E-state index contributed by atoms with van der Waals surface area (Å²) in [6.45, 7) is 6.95. The van der Waals surface area contributed by atoms with Crippen LogP contribution in [-0.4, -0.2) is 6.61 Å². The molecule has 1 atom stereocenters. The maximum absolute atomic E-state index is 6.47. The van der Waals surface area contributed by atoms with Crippen molar-refractivity contribution in [3.05, 3.63) is 101 Å². The zero-order valence-electron chi connectivity index (χ0n) is 15.6. The van der Waals surface area contributed by atoms with E-state index < -0.39 is 6.26 Å². The second kappa shape index (κ2) is 8.31. The molecule has 0 fully saturated rings. The molecular weight excluding hydrogens is 355 g/mol. The van der Waals surface area contributed by atoms with E-state index in [1.165, 1.54) is 27.6 Å². The Hall–Kier alpha value is -1.73. The quantitative estimate of drug-likeness (QED) is 0.474. The molecule has 0 aliphatic rings. The number of aryl methyl sites for hydroxylation is 2. The van der Waals surface area contributed by atoms with Gasteiger partial charge in [0.05, 0.1) is 5.66 Å². The predicted molar refractivity (Wildman–Crippen MR) is 116 cm³/mol. The van der Waals surface area contributed by atoms with Gasteiger partial charge in [0.2, 0.25) is 0 Å². The zero-order valence-corrected chi connectivity index (χ0v) is 17.3. The van der Waals surface area contributed by atoms with Gasteiger partial charge in [0, 0.05) is 11.9 Å². The van der Waals surface area contributed by atoms with Gasteiger partial charge in [-0.2, -0.15) is 0 Å². The molecule has 3 heteroatoms. The number of benzene rings is 3. The molecule has 0 saturated heterocycles. The van der Waals surface area contributed by atoms with Crippen LogP contribution >= 0.6 is 6.26 Å². The van der Waals surface area contributed by atoms with Crippen LogP contribution in [0.25, 0.3) is 0 Å². The normalized spacial score (nSPS) is 13.5. The first kappa shape index (κ1) is 19.0. The highest BCUT2D eigenvalue weighted by atomic mass is 32.4. The minimum atomic E-state index is -2.37. The zero-order chi connectivity index (χ0) is 18.6. The molecule has 3 aromatic carbocycles. The van der Waals surface area contributed by atoms with Crippen LogP contribution in [0.5, 0.6) is 0 Å². The van der Waals surface area contributed by atoms with Gasteiger partial charge in [0.25, 0.3) is 0 Å². The van der Waals surface area contributed by atoms with Crippen molar-refractivity contribution in [2.75, 3.05) is 6.61 Å². The van der Waals surface area contributed by atoms with Crippen LogP contribution in [0.15, 0.2) is 78.9 Å². The van der Waals surface area contributed by atoms with Crippen molar-refractivity contribution in [3.63, 3.8) is 0 Å². The minimum Gasteiger partial charge on any atom is -0.346 e. The first-order valence-corrected chi connectivity index (χ1v) is 11.8. The van der Waals surface area contributed by atoms with Crippen molar-refractivity contribution in [1.29, 1.82) is 0 Å². The summed E-state index contributed by atoms with van der Waals surface area (Å²) in [6, 6.07) is 27.5. The van der Waals surface area contributed by atoms with Gasteiger partial charge in [-0.3, -0.25) is 0 Å². The van der Waals surface area contributed by atoms with Gasteiger partial charge in [-0.1, -0.05) is 90.7 Å². The Morgan fingerprint density at radius 3 is 1.65 bits per heavy atom. The highest BCUT2D eigenvalue weighted by Crippen LogP contribution is 2.63. The fourth-order valence-corrected chi connectivity index (χ4v) is 8.70. The first-order valence-electron chi connectivity index (χ1n) is 8.99. The lowest BCUT2D eigenvalue weighted by atomic mass is 10.0. The highest BCUT2D eigenvalue weighted by Gasteiger charge is 2.35. The smallest absolute Gasteiger partial charge is 0.106 e. The monoisotopic (exact) mass is 380 g/mol. The molecule has 0 aliphatic carbocycles. The summed E-state index contributed by atoms with van der Waals surface area (Å²) < 4.78 is 6.47. The molecule has 26 heavy (non-hydrogen) atoms. The molecule has 0 saturated carbocycles. The van der Waals surface area contributed by atoms with Gasteiger partial charge in [-0.25, -0.2) is 0 Å². The predicted octanol–water partition coefficient (Wildman–Crippen LogP) is 6.15. The molecular formula is C23H25OPS. The van der Waals surface area contributed by atoms with Crippen LogP contribution in [0.1, 0.15) is 34.8 Å². The minimum absolute atomic E-state index is 0.0413. The average molecular weight is 380 g/mol. The Kier molecular flexibility index (Phi) is 6.09. The fourth-order valence-electron chi connectivity index (χ4n) is 3.61. The molecule has 0 amide bonds. The van der Waals surface area contributed by atoms with E-state index in [2.05, 4.69) is 92.7 Å². The summed E-state index contributed by atoms with van der Waals surface area (Å²) in [5.74, 6) is 0. The largest absolute Gasteiger partial charge is 0.346 e. The first-order chi connectivity index (χ1) is 12.6. The molecule has 0 heterocycles. The Labute approximate surface area is 162 Å². The second-order valence-corrected chi connectivity index (χ2v) is 10.5. The lowest BCUT2D eigenvalue weighted by Crippen LogP contribution is -2.20. The summed E-state index contributed by atoms with van der Waals surface area (Å²) in [7, 11) is 0. The Balaban J connectivity index is 2.30. The molecule has 3 aromatic rings. The topological polar surface area (TPSA) is 9.23 Å². The number of hydrogen-bond donors (Lipinski definition) is 0. The van der Waals surface area contributed by atoms with Crippen molar-refractivity contribution < 1.29 is 4.52 Å². The third kappa shape index (κ3) is 3.69. The van der Waals surface area contributed by atoms with E-state index in [-0.39, 0.29) is 5.66 Å². The molecule has 1 unspecified atom stereocenters. The van der Waals surface area contributed by atoms with Crippen LogP contribution in [0.2, 0.25) is 0 Å². The van der Waals surface area contributed by atoms with Crippen LogP contribution in [-0.2, 0) is 16.3 Å². The van der Waals surface area contributed by atoms with E-state index in [1.54, 1.807) is 0 Å². The van der Waals surface area contributed by atoms with Gasteiger partial charge >= 0.3 is 0 Å². The van der Waals surface area contributed by atoms with E-state index in [4.69, 9.17) is 16.3 Å². The van der Waals surface area contributed by atoms with E-state index in [0.717, 1.165) is 0 Å². The second-order valence-electron chi connectivity index (χ2n) is 6.48. The van der Waals surface area contributed by atoms with Gasteiger partial charge in [0.1, 0.15) is 6.26 Å². The molecule has 0 bridgehead atoms. The highest BCUT2D eigenvalue weighted by molar-refractivity contribution is 8.16. The molecule has 0 aromatic heterocycles. The van der Waals surface area contributed by atoms with Gasteiger partial charge in [-0.15, -0.1) is 0 Å². The van der Waals surface area contributed by atoms with E-state index in [0.29, 0.717) is 6.61 Å². The maximum Gasteiger partial charge on any atom is 0.106 e. The lowest BCUT2D eigenvalue weighted by Gasteiger charge is -2.34. The van der Waals surface area contributed by atoms with E-state index in [9.17, 15) is 0 Å². The van der Waals surface area contributed by atoms with Gasteiger partial charge in [-0.05, 0) is 43.0 Å². The van der Waals surface area contributed by atoms with Crippen molar-refractivity contribution in [1.82, 2.24) is 0 Å². The van der Waals surface area contributed by atoms with Gasteiger partial charge in [0.15, 0.2) is 0 Å². The van der Waals surface area contributed by atoms with Crippen molar-refractivity contribution in [2.24, 2.45) is 0 Å². The lowest BCUT2D eigenvalue weighted by molar-refractivity contribution is 0.378. The Morgan fingerprint density at radius 2 is 1.23 bits per heavy atom. The fraction of sp³-hybridized carbons (Fsp3) is 0.217. The Bertz CT molecular complexity index is 846. The third-order valence-corrected chi connectivity index (χ3v) is 9.39. The van der Waals surface area contributed by atoms with Crippen molar-refractivity contribution in [3.8, 4) is 0 Å². The SMILES string of the molecule is CCOP(=S)(c1c(C)cccc1C)C(c1ccccc1)c1ccccc1. The van der Waals surface area contributed by atoms with Gasteiger partial charge < -0.3 is 4.52 Å². The van der Waals surface area contributed by atoms with E-state index in [1.807, 2.05) is 6.92 Å². The maximum atomic E-state index is 6.47. The molecule has 134 valence electrons. The summed E-state index contributed by atoms with van der Waals surface area (Å²) >= 11 is 6.42. The molecule has 3 rings (SSSR count). The van der Waals surface area contributed by atoms with Crippen LogP contribution in [0, 0.1) is 13.8 Å².